The fourth-order valence-corrected chi connectivity index (χ4v) is 0.0567. The summed E-state index contributed by atoms with van der Waals surface area (Å²) in [6.07, 6.45) is -4.49. The molecule has 0 rings (SSSR count). The van der Waals surface area contributed by atoms with E-state index in [0.717, 1.165) is 0 Å². The predicted molar refractivity (Wildman–Crippen MR) is 20.4 cm³/mol. The standard InChI is InChI=1S/C3H3F3N2/c1-2(8-7)3(4,5)6/h1H3. The highest BCUT2D eigenvalue weighted by molar-refractivity contribution is 5.81. The van der Waals surface area contributed by atoms with Crippen LogP contribution in [-0.2, 0) is 0 Å². The lowest BCUT2D eigenvalue weighted by molar-refractivity contribution is -0.113. The van der Waals surface area contributed by atoms with Gasteiger partial charge in [-0.1, -0.05) is 0 Å². The predicted octanol–water partition coefficient (Wildman–Crippen LogP) is 1.24. The minimum Gasteiger partial charge on any atom is -0.361 e. The lowest BCUT2D eigenvalue weighted by Gasteiger charge is -1.92. The summed E-state index contributed by atoms with van der Waals surface area (Å²) >= 11 is 0. The van der Waals surface area contributed by atoms with E-state index in [-0.39, 0.29) is 0 Å². The van der Waals surface area contributed by atoms with Crippen LogP contribution in [0, 0.1) is 0 Å². The number of alkyl halides is 3. The summed E-state index contributed by atoms with van der Waals surface area (Å²) in [7, 11) is 0. The molecule has 0 aliphatic carbocycles. The quantitative estimate of drug-likeness (QED) is 0.264. The Kier molecular flexibility index (Phi) is 1.76. The third kappa shape index (κ3) is 1.75. The summed E-state index contributed by atoms with van der Waals surface area (Å²) in [6.45, 7) is 0.681. The van der Waals surface area contributed by atoms with Crippen LogP contribution in [0.3, 0.4) is 0 Å². The van der Waals surface area contributed by atoms with Gasteiger partial charge in [-0.05, 0) is 0 Å². The second-order valence-electron chi connectivity index (χ2n) is 1.18. The van der Waals surface area contributed by atoms with Gasteiger partial charge in [-0.3, -0.25) is 0 Å². The third-order valence-corrected chi connectivity index (χ3v) is 0.560. The van der Waals surface area contributed by atoms with Crippen molar-refractivity contribution in [1.82, 2.24) is 0 Å². The van der Waals surface area contributed by atoms with Gasteiger partial charge in [0.05, 0.1) is 0 Å². The van der Waals surface area contributed by atoms with Gasteiger partial charge in [-0.15, -0.1) is 0 Å². The summed E-state index contributed by atoms with van der Waals surface area (Å²) < 4.78 is 33.5. The van der Waals surface area contributed by atoms with E-state index in [1.54, 1.807) is 0 Å². The molecule has 5 heteroatoms. The third-order valence-electron chi connectivity index (χ3n) is 0.560. The van der Waals surface area contributed by atoms with Crippen LogP contribution in [0.15, 0.2) is 0 Å². The first-order chi connectivity index (χ1) is 3.48. The first kappa shape index (κ1) is 7.17. The van der Waals surface area contributed by atoms with E-state index in [0.29, 0.717) is 6.92 Å². The largest absolute Gasteiger partial charge is 0.490 e. The Labute approximate surface area is 43.5 Å². The molecule has 0 heterocycles. The highest BCUT2D eigenvalue weighted by Crippen LogP contribution is 2.14. The molecule has 0 fully saturated rings. The Morgan fingerprint density at radius 3 is 1.88 bits per heavy atom. The van der Waals surface area contributed by atoms with E-state index in [2.05, 4.69) is 0 Å². The van der Waals surface area contributed by atoms with E-state index >= 15 is 0 Å². The Balaban J connectivity index is 4.26. The van der Waals surface area contributed by atoms with Gasteiger partial charge >= 0.3 is 11.9 Å². The van der Waals surface area contributed by atoms with Crippen molar-refractivity contribution in [3.8, 4) is 0 Å². The van der Waals surface area contributed by atoms with Crippen molar-refractivity contribution in [2.45, 2.75) is 13.1 Å². The average molecular weight is 124 g/mol. The number of hydrogen-bond acceptors (Lipinski definition) is 0. The summed E-state index contributed by atoms with van der Waals surface area (Å²) in [5.41, 5.74) is 6.30. The molecule has 8 heavy (non-hydrogen) atoms. The van der Waals surface area contributed by atoms with Crippen LogP contribution >= 0.6 is 0 Å². The van der Waals surface area contributed by atoms with Crippen molar-refractivity contribution in [2.75, 3.05) is 0 Å². The Hall–Kier alpha value is -0.830. The van der Waals surface area contributed by atoms with Crippen LogP contribution in [0.4, 0.5) is 13.2 Å². The smallest absolute Gasteiger partial charge is 0.361 e. The Morgan fingerprint density at radius 2 is 1.88 bits per heavy atom. The highest BCUT2D eigenvalue weighted by atomic mass is 19.4. The lowest BCUT2D eigenvalue weighted by Crippen LogP contribution is -2.19. The van der Waals surface area contributed by atoms with Crippen LogP contribution in [0.5, 0.6) is 0 Å². The molecule has 0 atom stereocenters. The van der Waals surface area contributed by atoms with Crippen LogP contribution < -0.4 is 0 Å². The molecule has 0 aliphatic heterocycles. The molecule has 0 aromatic carbocycles. The fraction of sp³-hybridized carbons (Fsp3) is 0.667. The second-order valence-corrected chi connectivity index (χ2v) is 1.18. The molecule has 0 aromatic heterocycles. The molecule has 0 radical (unpaired) electrons. The van der Waals surface area contributed by atoms with Crippen LogP contribution in [0.25, 0.3) is 5.53 Å². The molecule has 0 saturated heterocycles. The molecular weight excluding hydrogens is 121 g/mol. The summed E-state index contributed by atoms with van der Waals surface area (Å²) in [4.78, 5) is 1.95. The van der Waals surface area contributed by atoms with E-state index in [1.165, 1.54) is 0 Å². The first-order valence-corrected chi connectivity index (χ1v) is 1.74. The lowest BCUT2D eigenvalue weighted by atomic mass is 10.4. The number of rotatable bonds is 0. The summed E-state index contributed by atoms with van der Waals surface area (Å²) in [5.74, 6) is 0. The number of nitrogens with zero attached hydrogens (tertiary/aromatic N) is 2. The summed E-state index contributed by atoms with van der Waals surface area (Å²) in [5, 5.41) is 0. The number of halogens is 3. The second kappa shape index (κ2) is 1.96. The molecular formula is C3H3F3N2. The van der Waals surface area contributed by atoms with Crippen molar-refractivity contribution < 1.29 is 18.0 Å². The molecule has 0 N–H and O–H groups in total. The molecule has 0 aliphatic rings. The van der Waals surface area contributed by atoms with Crippen LogP contribution in [-0.4, -0.2) is 16.7 Å². The van der Waals surface area contributed by atoms with E-state index < -0.39 is 11.9 Å². The monoisotopic (exact) mass is 124 g/mol. The maximum Gasteiger partial charge on any atom is 0.490 e. The molecule has 46 valence electrons. The minimum atomic E-state index is -4.49. The molecule has 2 nitrogen and oxygen atoms in total. The normalized spacial score (nSPS) is 10.5. The highest BCUT2D eigenvalue weighted by Gasteiger charge is 2.39. The van der Waals surface area contributed by atoms with Gasteiger partial charge in [-0.2, -0.15) is 18.0 Å². The van der Waals surface area contributed by atoms with Crippen LogP contribution in [0.2, 0.25) is 0 Å². The Bertz CT molecular complexity index is 130. The summed E-state index contributed by atoms with van der Waals surface area (Å²) in [6, 6.07) is 0. The maximum absolute atomic E-state index is 11.2. The van der Waals surface area contributed by atoms with E-state index in [9.17, 15) is 13.2 Å². The van der Waals surface area contributed by atoms with E-state index in [4.69, 9.17) is 5.53 Å². The molecule has 0 aromatic rings. The van der Waals surface area contributed by atoms with Gasteiger partial charge in [0.1, 0.15) is 0 Å². The van der Waals surface area contributed by atoms with E-state index in [1.807, 2.05) is 4.79 Å². The molecule has 0 bridgehead atoms. The van der Waals surface area contributed by atoms with Crippen molar-refractivity contribution in [2.24, 2.45) is 0 Å². The number of hydrogen-bond donors (Lipinski definition) is 0. The van der Waals surface area contributed by atoms with Crippen molar-refractivity contribution >= 4 is 5.71 Å². The van der Waals surface area contributed by atoms with Crippen molar-refractivity contribution in [3.05, 3.63) is 5.53 Å². The van der Waals surface area contributed by atoms with Gasteiger partial charge in [-0.25, -0.2) is 0 Å². The van der Waals surface area contributed by atoms with Gasteiger partial charge in [0.15, 0.2) is 0 Å². The van der Waals surface area contributed by atoms with Crippen molar-refractivity contribution in [3.63, 3.8) is 0 Å². The molecule has 0 unspecified atom stereocenters. The van der Waals surface area contributed by atoms with Gasteiger partial charge in [0.25, 0.3) is 0 Å². The fourth-order valence-electron chi connectivity index (χ4n) is 0.0567. The van der Waals surface area contributed by atoms with Crippen LogP contribution in [0.1, 0.15) is 6.92 Å². The van der Waals surface area contributed by atoms with Gasteiger partial charge in [0.2, 0.25) is 0 Å². The topological polar surface area (TPSA) is 36.4 Å². The van der Waals surface area contributed by atoms with Gasteiger partial charge < -0.3 is 5.53 Å². The first-order valence-electron chi connectivity index (χ1n) is 1.74. The zero-order valence-electron chi connectivity index (χ0n) is 4.03. The zero-order chi connectivity index (χ0) is 6.78. The Morgan fingerprint density at radius 1 is 1.50 bits per heavy atom. The molecule has 0 amide bonds. The maximum atomic E-state index is 11.2. The van der Waals surface area contributed by atoms with Gasteiger partial charge in [0, 0.05) is 6.92 Å². The van der Waals surface area contributed by atoms with Crippen molar-refractivity contribution in [1.29, 1.82) is 0 Å². The molecule has 0 saturated carbocycles. The minimum absolute atomic E-state index is 0.681. The average Bonchev–Trinajstić information content (AvgIpc) is 1.62. The SMILES string of the molecule is CC(=[N+]=[N-])C(F)(F)F. The zero-order valence-corrected chi connectivity index (χ0v) is 4.03. The molecule has 0 spiro atoms.